The first-order valence-electron chi connectivity index (χ1n) is 2.73. The summed E-state index contributed by atoms with van der Waals surface area (Å²) in [7, 11) is 0. The van der Waals surface area contributed by atoms with Gasteiger partial charge in [-0.3, -0.25) is 0 Å². The first-order chi connectivity index (χ1) is 4.66. The van der Waals surface area contributed by atoms with Gasteiger partial charge in [0.05, 0.1) is 18.5 Å². The zero-order chi connectivity index (χ0) is 7.98. The fourth-order valence-corrected chi connectivity index (χ4v) is 0.274. The van der Waals surface area contributed by atoms with Crippen molar-refractivity contribution in [3.05, 3.63) is 0 Å². The van der Waals surface area contributed by atoms with Crippen LogP contribution in [0.3, 0.4) is 0 Å². The van der Waals surface area contributed by atoms with Gasteiger partial charge in [0.15, 0.2) is 0 Å². The molecule has 5 nitrogen and oxygen atoms in total. The summed E-state index contributed by atoms with van der Waals surface area (Å²) in [5.41, 5.74) is 4.64. The van der Waals surface area contributed by atoms with E-state index in [-0.39, 0.29) is 12.5 Å². The van der Waals surface area contributed by atoms with Crippen molar-refractivity contribution in [1.29, 1.82) is 5.26 Å². The summed E-state index contributed by atoms with van der Waals surface area (Å²) in [5.74, 6) is -0.219. The molecule has 2 amide bonds. The van der Waals surface area contributed by atoms with Crippen LogP contribution in [0, 0.1) is 17.2 Å². The number of urea groups is 1. The second-order valence-electron chi connectivity index (χ2n) is 1.79. The number of amides is 2. The molecule has 0 aliphatic heterocycles. The Morgan fingerprint density at radius 1 is 1.90 bits per heavy atom. The molecule has 1 atom stereocenters. The van der Waals surface area contributed by atoms with Crippen LogP contribution in [0.2, 0.25) is 0 Å². The molecule has 0 aliphatic carbocycles. The fourth-order valence-electron chi connectivity index (χ4n) is 0.274. The molecule has 0 aromatic rings. The van der Waals surface area contributed by atoms with E-state index in [1.807, 2.05) is 6.07 Å². The Morgan fingerprint density at radius 3 is 2.90 bits per heavy atom. The molecule has 0 bridgehead atoms. The molecule has 0 fully saturated rings. The summed E-state index contributed by atoms with van der Waals surface area (Å²) in [6, 6.07) is 1.10. The van der Waals surface area contributed by atoms with E-state index in [1.165, 1.54) is 0 Å². The summed E-state index contributed by atoms with van der Waals surface area (Å²) < 4.78 is 0. The first kappa shape index (κ1) is 8.56. The van der Waals surface area contributed by atoms with Gasteiger partial charge in [0, 0.05) is 0 Å². The highest BCUT2D eigenvalue weighted by atomic mass is 16.2. The van der Waals surface area contributed by atoms with Crippen LogP contribution in [-0.4, -0.2) is 12.6 Å². The van der Waals surface area contributed by atoms with Gasteiger partial charge >= 0.3 is 6.03 Å². The van der Waals surface area contributed by atoms with E-state index in [9.17, 15) is 4.79 Å². The lowest BCUT2D eigenvalue weighted by molar-refractivity contribution is 0.255. The smallest absolute Gasteiger partial charge is 0.348 e. The molecule has 2 N–H and O–H groups in total. The van der Waals surface area contributed by atoms with Crippen LogP contribution in [0.5, 0.6) is 0 Å². The predicted octanol–water partition coefficient (Wildman–Crippen LogP) is 0.677. The second kappa shape index (κ2) is 4.44. The molecule has 0 aromatic carbocycles. The number of hydrogen-bond acceptors (Lipinski definition) is 3. The van der Waals surface area contributed by atoms with E-state index in [0.29, 0.717) is 0 Å². The van der Waals surface area contributed by atoms with Crippen LogP contribution in [0.1, 0.15) is 6.92 Å². The molecule has 10 heavy (non-hydrogen) atoms. The van der Waals surface area contributed by atoms with E-state index in [1.54, 1.807) is 6.92 Å². The van der Waals surface area contributed by atoms with Gasteiger partial charge in [-0.2, -0.15) is 10.4 Å². The van der Waals surface area contributed by atoms with Gasteiger partial charge in [-0.05, 0) is 6.92 Å². The maximum atomic E-state index is 9.95. The van der Waals surface area contributed by atoms with Crippen molar-refractivity contribution in [1.82, 2.24) is 0 Å². The second-order valence-corrected chi connectivity index (χ2v) is 1.79. The summed E-state index contributed by atoms with van der Waals surface area (Å²) in [6.45, 7) is 1.90. The average Bonchev–Trinajstić information content (AvgIpc) is 1.87. The first-order valence-corrected chi connectivity index (χ1v) is 2.73. The summed E-state index contributed by atoms with van der Waals surface area (Å²) >= 11 is 0. The highest BCUT2D eigenvalue weighted by Gasteiger charge is 1.95. The van der Waals surface area contributed by atoms with Crippen molar-refractivity contribution < 1.29 is 4.79 Å². The van der Waals surface area contributed by atoms with Crippen LogP contribution < -0.4 is 5.73 Å². The minimum atomic E-state index is -0.829. The highest BCUT2D eigenvalue weighted by Crippen LogP contribution is 1.91. The van der Waals surface area contributed by atoms with Crippen LogP contribution in [0.15, 0.2) is 10.2 Å². The van der Waals surface area contributed by atoms with Crippen molar-refractivity contribution >= 4 is 6.03 Å². The molecular weight excluding hydrogens is 132 g/mol. The van der Waals surface area contributed by atoms with Crippen molar-refractivity contribution in [3.63, 3.8) is 0 Å². The lowest BCUT2D eigenvalue weighted by Gasteiger charge is -1.90. The van der Waals surface area contributed by atoms with Crippen molar-refractivity contribution in [2.45, 2.75) is 6.92 Å². The van der Waals surface area contributed by atoms with Crippen LogP contribution in [-0.2, 0) is 0 Å². The predicted molar refractivity (Wildman–Crippen MR) is 34.1 cm³/mol. The Hall–Kier alpha value is -1.44. The molecule has 0 rings (SSSR count). The average molecular weight is 140 g/mol. The topological polar surface area (TPSA) is 91.6 Å². The van der Waals surface area contributed by atoms with E-state index in [4.69, 9.17) is 5.26 Å². The van der Waals surface area contributed by atoms with Crippen molar-refractivity contribution in [2.75, 3.05) is 6.54 Å². The number of carbonyl (C=O) groups is 1. The van der Waals surface area contributed by atoms with Gasteiger partial charge in [0.1, 0.15) is 0 Å². The lowest BCUT2D eigenvalue weighted by Crippen LogP contribution is -2.03. The van der Waals surface area contributed by atoms with Gasteiger partial charge in [-0.1, -0.05) is 5.11 Å². The molecule has 0 heterocycles. The molecule has 0 aliphatic rings. The molecule has 0 radical (unpaired) electrons. The third-order valence-corrected chi connectivity index (χ3v) is 0.745. The Labute approximate surface area is 58.5 Å². The Balaban J connectivity index is 3.56. The number of carbonyl (C=O) groups excluding carboxylic acids is 1. The Morgan fingerprint density at radius 2 is 2.50 bits per heavy atom. The number of primary amides is 1. The maximum Gasteiger partial charge on any atom is 0.356 e. The van der Waals surface area contributed by atoms with E-state index >= 15 is 0 Å². The Bertz CT molecular complexity index is 181. The van der Waals surface area contributed by atoms with Crippen LogP contribution in [0.25, 0.3) is 0 Å². The van der Waals surface area contributed by atoms with Gasteiger partial charge in [0.2, 0.25) is 0 Å². The quantitative estimate of drug-likeness (QED) is 0.571. The van der Waals surface area contributed by atoms with E-state index < -0.39 is 6.03 Å². The molecule has 1 unspecified atom stereocenters. The van der Waals surface area contributed by atoms with E-state index in [0.717, 1.165) is 0 Å². The van der Waals surface area contributed by atoms with Gasteiger partial charge in [-0.25, -0.2) is 4.79 Å². The third kappa shape index (κ3) is 4.71. The largest absolute Gasteiger partial charge is 0.356 e. The molecule has 0 aromatic heterocycles. The molecule has 54 valence electrons. The normalized spacial score (nSPS) is 12.8. The number of nitrogens with zero attached hydrogens (tertiary/aromatic N) is 3. The minimum absolute atomic E-state index is 0.219. The zero-order valence-corrected chi connectivity index (χ0v) is 5.61. The number of hydrogen-bond donors (Lipinski definition) is 1. The summed E-state index contributed by atoms with van der Waals surface area (Å²) in [6.07, 6.45) is 0. The standard InChI is InChI=1S/C5H8N4O/c1-4(2-6)3-8-9-5(7)10/h4H,3H2,1H3,(H2,7,10). The monoisotopic (exact) mass is 140 g/mol. The van der Waals surface area contributed by atoms with Crippen LogP contribution in [0.4, 0.5) is 4.79 Å². The molecular formula is C5H8N4O. The number of rotatable bonds is 2. The van der Waals surface area contributed by atoms with Gasteiger partial charge in [-0.15, -0.1) is 0 Å². The summed E-state index contributed by atoms with van der Waals surface area (Å²) in [4.78, 5) is 9.95. The number of nitrogens with two attached hydrogens (primary N) is 1. The lowest BCUT2D eigenvalue weighted by atomic mass is 10.2. The molecule has 5 heteroatoms. The van der Waals surface area contributed by atoms with Gasteiger partial charge < -0.3 is 5.73 Å². The van der Waals surface area contributed by atoms with Crippen molar-refractivity contribution in [3.8, 4) is 6.07 Å². The van der Waals surface area contributed by atoms with Crippen molar-refractivity contribution in [2.24, 2.45) is 21.9 Å². The number of nitriles is 1. The highest BCUT2D eigenvalue weighted by molar-refractivity contribution is 5.71. The fraction of sp³-hybridized carbons (Fsp3) is 0.600. The third-order valence-electron chi connectivity index (χ3n) is 0.745. The Kier molecular flexibility index (Phi) is 3.80. The molecule has 0 saturated heterocycles. The zero-order valence-electron chi connectivity index (χ0n) is 5.61. The van der Waals surface area contributed by atoms with Gasteiger partial charge in [0.25, 0.3) is 0 Å². The molecule has 0 saturated carbocycles. The maximum absolute atomic E-state index is 9.95. The number of azo groups is 1. The SMILES string of the molecule is CC(C#N)CN=NC(N)=O. The van der Waals surface area contributed by atoms with E-state index in [2.05, 4.69) is 16.0 Å². The molecule has 0 spiro atoms. The van der Waals surface area contributed by atoms with Crippen LogP contribution >= 0.6 is 0 Å². The minimum Gasteiger partial charge on any atom is -0.348 e. The summed E-state index contributed by atoms with van der Waals surface area (Å²) in [5, 5.41) is 14.6.